The van der Waals surface area contributed by atoms with E-state index in [0.29, 0.717) is 28.5 Å². The van der Waals surface area contributed by atoms with Gasteiger partial charge in [-0.15, -0.1) is 0 Å². The molecule has 134 valence electrons. The highest BCUT2D eigenvalue weighted by molar-refractivity contribution is 6.03. The zero-order chi connectivity index (χ0) is 18.2. The Labute approximate surface area is 153 Å². The molecule has 0 saturated carbocycles. The maximum absolute atomic E-state index is 12.4. The first-order valence-corrected chi connectivity index (χ1v) is 8.37. The first-order chi connectivity index (χ1) is 13.3. The molecule has 7 heteroatoms. The SMILES string of the molecule is O=C(OCc1cc(-c2ccc3c(c2)OCO3)on1)c1c[nH]c2ccccc12. The van der Waals surface area contributed by atoms with E-state index >= 15 is 0 Å². The number of fused-ring (bicyclic) bond motifs is 2. The van der Waals surface area contributed by atoms with Gasteiger partial charge >= 0.3 is 5.97 Å². The van der Waals surface area contributed by atoms with Gasteiger partial charge in [0, 0.05) is 28.7 Å². The molecule has 2 aromatic heterocycles. The summed E-state index contributed by atoms with van der Waals surface area (Å²) in [7, 11) is 0. The molecule has 0 atom stereocenters. The minimum atomic E-state index is -0.417. The zero-order valence-corrected chi connectivity index (χ0v) is 14.1. The molecule has 3 heterocycles. The van der Waals surface area contributed by atoms with Gasteiger partial charge in [0.05, 0.1) is 5.56 Å². The maximum Gasteiger partial charge on any atom is 0.340 e. The summed E-state index contributed by atoms with van der Waals surface area (Å²) in [4.78, 5) is 15.4. The fourth-order valence-corrected chi connectivity index (χ4v) is 3.02. The van der Waals surface area contributed by atoms with Crippen LogP contribution in [-0.4, -0.2) is 22.9 Å². The van der Waals surface area contributed by atoms with Crippen LogP contribution in [-0.2, 0) is 11.3 Å². The molecule has 0 spiro atoms. The quantitative estimate of drug-likeness (QED) is 0.554. The third-order valence-electron chi connectivity index (χ3n) is 4.38. The van der Waals surface area contributed by atoms with E-state index < -0.39 is 5.97 Å². The Morgan fingerprint density at radius 1 is 1.11 bits per heavy atom. The highest BCUT2D eigenvalue weighted by Crippen LogP contribution is 2.36. The molecule has 27 heavy (non-hydrogen) atoms. The Kier molecular flexibility index (Phi) is 3.57. The van der Waals surface area contributed by atoms with Gasteiger partial charge in [0.25, 0.3) is 0 Å². The number of carbonyl (C=O) groups excluding carboxylic acids is 1. The third-order valence-corrected chi connectivity index (χ3v) is 4.38. The number of nitrogens with one attached hydrogen (secondary N) is 1. The number of aromatic amines is 1. The van der Waals surface area contributed by atoms with Crippen LogP contribution in [0.2, 0.25) is 0 Å². The van der Waals surface area contributed by atoms with Crippen LogP contribution in [0.1, 0.15) is 16.1 Å². The predicted octanol–water partition coefficient (Wildman–Crippen LogP) is 3.91. The Morgan fingerprint density at radius 3 is 2.96 bits per heavy atom. The molecule has 0 radical (unpaired) electrons. The second-order valence-electron chi connectivity index (χ2n) is 6.07. The van der Waals surface area contributed by atoms with Gasteiger partial charge < -0.3 is 23.7 Å². The van der Waals surface area contributed by atoms with Crippen LogP contribution in [0.25, 0.3) is 22.2 Å². The van der Waals surface area contributed by atoms with E-state index in [1.807, 2.05) is 42.5 Å². The van der Waals surface area contributed by atoms with E-state index in [9.17, 15) is 4.79 Å². The number of hydrogen-bond donors (Lipinski definition) is 1. The number of benzene rings is 2. The molecule has 0 aliphatic carbocycles. The number of nitrogens with zero attached hydrogens (tertiary/aromatic N) is 1. The fraction of sp³-hybridized carbons (Fsp3) is 0.100. The summed E-state index contributed by atoms with van der Waals surface area (Å²) in [6, 6.07) is 14.8. The maximum atomic E-state index is 12.4. The molecule has 1 aliphatic heterocycles. The smallest absolute Gasteiger partial charge is 0.340 e. The zero-order valence-electron chi connectivity index (χ0n) is 14.1. The highest BCUT2D eigenvalue weighted by atomic mass is 16.7. The number of para-hydroxylation sites is 1. The normalized spacial score (nSPS) is 12.4. The number of rotatable bonds is 4. The molecule has 0 amide bonds. The first-order valence-electron chi connectivity index (χ1n) is 8.37. The topological polar surface area (TPSA) is 86.6 Å². The predicted molar refractivity (Wildman–Crippen MR) is 95.5 cm³/mol. The van der Waals surface area contributed by atoms with Gasteiger partial charge in [0.1, 0.15) is 12.3 Å². The molecule has 4 aromatic rings. The molecular formula is C20H14N2O5. The van der Waals surface area contributed by atoms with E-state index in [1.54, 1.807) is 12.3 Å². The fourth-order valence-electron chi connectivity index (χ4n) is 3.02. The van der Waals surface area contributed by atoms with E-state index in [0.717, 1.165) is 16.5 Å². The summed E-state index contributed by atoms with van der Waals surface area (Å²) in [5.74, 6) is 1.51. The van der Waals surface area contributed by atoms with Crippen LogP contribution in [0.15, 0.2) is 59.3 Å². The number of aromatic nitrogens is 2. The van der Waals surface area contributed by atoms with Gasteiger partial charge in [0.2, 0.25) is 6.79 Å². The van der Waals surface area contributed by atoms with Crippen molar-refractivity contribution in [3.05, 3.63) is 66.0 Å². The van der Waals surface area contributed by atoms with Crippen LogP contribution < -0.4 is 9.47 Å². The molecule has 5 rings (SSSR count). The van der Waals surface area contributed by atoms with E-state index in [2.05, 4.69) is 10.1 Å². The summed E-state index contributed by atoms with van der Waals surface area (Å²) >= 11 is 0. The number of esters is 1. The van der Waals surface area contributed by atoms with Crippen LogP contribution in [0, 0.1) is 0 Å². The summed E-state index contributed by atoms with van der Waals surface area (Å²) in [6.07, 6.45) is 1.65. The van der Waals surface area contributed by atoms with Crippen LogP contribution in [0.5, 0.6) is 11.5 Å². The number of ether oxygens (including phenoxy) is 3. The van der Waals surface area contributed by atoms with Crippen molar-refractivity contribution in [2.45, 2.75) is 6.61 Å². The Balaban J connectivity index is 1.30. The molecule has 0 unspecified atom stereocenters. The lowest BCUT2D eigenvalue weighted by Gasteiger charge is -2.01. The summed E-state index contributed by atoms with van der Waals surface area (Å²) in [6.45, 7) is 0.233. The van der Waals surface area contributed by atoms with Gasteiger partial charge in [0.15, 0.2) is 17.3 Å². The average Bonchev–Trinajstić information content (AvgIpc) is 3.44. The monoisotopic (exact) mass is 362 g/mol. The second-order valence-corrected chi connectivity index (χ2v) is 6.07. The van der Waals surface area contributed by atoms with Crippen molar-refractivity contribution in [3.63, 3.8) is 0 Å². The highest BCUT2D eigenvalue weighted by Gasteiger charge is 2.17. The lowest BCUT2D eigenvalue weighted by atomic mass is 10.1. The van der Waals surface area contributed by atoms with E-state index in [-0.39, 0.29) is 13.4 Å². The molecule has 1 aliphatic rings. The Hall–Kier alpha value is -3.74. The van der Waals surface area contributed by atoms with Crippen molar-refractivity contribution in [3.8, 4) is 22.8 Å². The van der Waals surface area contributed by atoms with Gasteiger partial charge in [-0.2, -0.15) is 0 Å². The van der Waals surface area contributed by atoms with Crippen molar-refractivity contribution in [1.82, 2.24) is 10.1 Å². The first kappa shape index (κ1) is 15.5. The van der Waals surface area contributed by atoms with Gasteiger partial charge in [-0.3, -0.25) is 0 Å². The molecule has 0 bridgehead atoms. The van der Waals surface area contributed by atoms with Gasteiger partial charge in [-0.1, -0.05) is 23.4 Å². The van der Waals surface area contributed by atoms with Crippen molar-refractivity contribution in [2.24, 2.45) is 0 Å². The standard InChI is InChI=1S/C20H14N2O5/c23-20(15-9-21-16-4-2-1-3-14(15)16)24-10-13-8-18(27-22-13)12-5-6-17-19(7-12)26-11-25-17/h1-9,21H,10-11H2. The average molecular weight is 362 g/mol. The largest absolute Gasteiger partial charge is 0.455 e. The molecular weight excluding hydrogens is 348 g/mol. The van der Waals surface area contributed by atoms with Gasteiger partial charge in [-0.25, -0.2) is 4.79 Å². The van der Waals surface area contributed by atoms with Crippen LogP contribution in [0.4, 0.5) is 0 Å². The Bertz CT molecular complexity index is 1140. The molecule has 0 saturated heterocycles. The Morgan fingerprint density at radius 2 is 2.00 bits per heavy atom. The van der Waals surface area contributed by atoms with E-state index in [4.69, 9.17) is 18.7 Å². The number of H-pyrrole nitrogens is 1. The van der Waals surface area contributed by atoms with Crippen LogP contribution in [0.3, 0.4) is 0 Å². The van der Waals surface area contributed by atoms with Crippen molar-refractivity contribution < 1.29 is 23.5 Å². The third kappa shape index (κ3) is 2.79. The molecule has 7 nitrogen and oxygen atoms in total. The molecule has 2 aromatic carbocycles. The lowest BCUT2D eigenvalue weighted by Crippen LogP contribution is -2.04. The summed E-state index contributed by atoms with van der Waals surface area (Å²) < 4.78 is 21.4. The molecule has 1 N–H and O–H groups in total. The number of carbonyl (C=O) groups is 1. The summed E-state index contributed by atoms with van der Waals surface area (Å²) in [5.41, 5.74) is 2.71. The lowest BCUT2D eigenvalue weighted by molar-refractivity contribution is 0.0466. The number of hydrogen-bond acceptors (Lipinski definition) is 6. The second kappa shape index (κ2) is 6.21. The van der Waals surface area contributed by atoms with E-state index in [1.165, 1.54) is 0 Å². The van der Waals surface area contributed by atoms with Crippen LogP contribution >= 0.6 is 0 Å². The summed E-state index contributed by atoms with van der Waals surface area (Å²) in [5, 5.41) is 4.79. The van der Waals surface area contributed by atoms with Crippen molar-refractivity contribution >= 4 is 16.9 Å². The minimum Gasteiger partial charge on any atom is -0.455 e. The minimum absolute atomic E-state index is 0.0202. The van der Waals surface area contributed by atoms with Crippen molar-refractivity contribution in [1.29, 1.82) is 0 Å². The van der Waals surface area contributed by atoms with Crippen molar-refractivity contribution in [2.75, 3.05) is 6.79 Å². The van der Waals surface area contributed by atoms with Gasteiger partial charge in [-0.05, 0) is 24.3 Å². The molecule has 0 fully saturated rings.